The summed E-state index contributed by atoms with van der Waals surface area (Å²) < 4.78 is 25.7. The fourth-order valence-corrected chi connectivity index (χ4v) is 2.09. The van der Waals surface area contributed by atoms with Gasteiger partial charge in [0.2, 0.25) is 10.0 Å². The molecular formula is C10H15ClN2O2S. The largest absolute Gasteiger partial charge is 0.329 e. The maximum absolute atomic E-state index is 11.6. The minimum absolute atomic E-state index is 0.107. The highest BCUT2D eigenvalue weighted by Crippen LogP contribution is 2.09. The predicted octanol–water partition coefficient (Wildman–Crippen LogP) is 1.11. The Morgan fingerprint density at radius 3 is 2.44 bits per heavy atom. The highest BCUT2D eigenvalue weighted by atomic mass is 35.5. The van der Waals surface area contributed by atoms with Crippen LogP contribution in [0, 0.1) is 0 Å². The van der Waals surface area contributed by atoms with E-state index in [0.29, 0.717) is 5.02 Å². The molecule has 0 amide bonds. The van der Waals surface area contributed by atoms with Crippen molar-refractivity contribution in [2.75, 3.05) is 6.54 Å². The Kier molecular flexibility index (Phi) is 4.73. The summed E-state index contributed by atoms with van der Waals surface area (Å²) in [6.07, 6.45) is 0. The van der Waals surface area contributed by atoms with Gasteiger partial charge in [0.25, 0.3) is 0 Å². The molecule has 16 heavy (non-hydrogen) atoms. The van der Waals surface area contributed by atoms with E-state index in [1.165, 1.54) is 0 Å². The molecule has 1 aromatic carbocycles. The van der Waals surface area contributed by atoms with Crippen molar-refractivity contribution in [2.24, 2.45) is 5.73 Å². The van der Waals surface area contributed by atoms with Gasteiger partial charge in [0.1, 0.15) is 0 Å². The number of benzene rings is 1. The molecule has 0 aliphatic rings. The third-order valence-corrected chi connectivity index (χ3v) is 4.30. The number of hydrogen-bond donors (Lipinski definition) is 2. The first kappa shape index (κ1) is 13.4. The van der Waals surface area contributed by atoms with Gasteiger partial charge in [-0.05, 0) is 24.6 Å². The molecule has 1 rings (SSSR count). The van der Waals surface area contributed by atoms with Crippen molar-refractivity contribution in [1.29, 1.82) is 0 Å². The summed E-state index contributed by atoms with van der Waals surface area (Å²) in [7, 11) is -3.33. The molecule has 0 fully saturated rings. The van der Waals surface area contributed by atoms with Crippen LogP contribution in [0.4, 0.5) is 0 Å². The number of halogens is 1. The lowest BCUT2D eigenvalue weighted by atomic mass is 10.2. The number of nitrogens with two attached hydrogens (primary N) is 1. The molecule has 4 nitrogen and oxygen atoms in total. The number of nitrogens with one attached hydrogen (secondary N) is 1. The molecule has 0 saturated heterocycles. The molecule has 3 N–H and O–H groups in total. The van der Waals surface area contributed by atoms with Crippen molar-refractivity contribution in [1.82, 2.24) is 4.72 Å². The molecule has 0 bridgehead atoms. The van der Waals surface area contributed by atoms with E-state index >= 15 is 0 Å². The fraction of sp³-hybridized carbons (Fsp3) is 0.400. The van der Waals surface area contributed by atoms with Crippen molar-refractivity contribution < 1.29 is 8.42 Å². The van der Waals surface area contributed by atoms with Gasteiger partial charge in [-0.15, -0.1) is 0 Å². The first-order chi connectivity index (χ1) is 7.45. The SMILES string of the molecule is CC(CN)S(=O)(=O)NCc1ccc(Cl)cc1. The predicted molar refractivity (Wildman–Crippen MR) is 65.7 cm³/mol. The van der Waals surface area contributed by atoms with E-state index in [1.54, 1.807) is 31.2 Å². The Morgan fingerprint density at radius 1 is 1.38 bits per heavy atom. The molecule has 1 unspecified atom stereocenters. The van der Waals surface area contributed by atoms with E-state index in [2.05, 4.69) is 4.72 Å². The zero-order chi connectivity index (χ0) is 12.2. The van der Waals surface area contributed by atoms with Crippen molar-refractivity contribution in [3.63, 3.8) is 0 Å². The third-order valence-electron chi connectivity index (χ3n) is 2.25. The van der Waals surface area contributed by atoms with E-state index in [4.69, 9.17) is 17.3 Å². The van der Waals surface area contributed by atoms with Crippen LogP contribution in [0.3, 0.4) is 0 Å². The van der Waals surface area contributed by atoms with Crippen LogP contribution in [-0.2, 0) is 16.6 Å². The molecule has 0 spiro atoms. The highest BCUT2D eigenvalue weighted by Gasteiger charge is 2.18. The zero-order valence-corrected chi connectivity index (χ0v) is 10.6. The molecule has 90 valence electrons. The van der Waals surface area contributed by atoms with Gasteiger partial charge in [0.05, 0.1) is 5.25 Å². The first-order valence-corrected chi connectivity index (χ1v) is 6.81. The van der Waals surface area contributed by atoms with Gasteiger partial charge in [-0.1, -0.05) is 23.7 Å². The van der Waals surface area contributed by atoms with E-state index in [9.17, 15) is 8.42 Å². The maximum Gasteiger partial charge on any atom is 0.215 e. The minimum Gasteiger partial charge on any atom is -0.329 e. The Balaban J connectivity index is 2.61. The van der Waals surface area contributed by atoms with Crippen molar-refractivity contribution in [3.8, 4) is 0 Å². The Bertz CT molecular complexity index is 431. The van der Waals surface area contributed by atoms with Crippen LogP contribution in [0.15, 0.2) is 24.3 Å². The quantitative estimate of drug-likeness (QED) is 0.835. The smallest absolute Gasteiger partial charge is 0.215 e. The molecule has 1 aromatic rings. The van der Waals surface area contributed by atoms with Crippen molar-refractivity contribution >= 4 is 21.6 Å². The average Bonchev–Trinajstić information content (AvgIpc) is 2.27. The highest BCUT2D eigenvalue weighted by molar-refractivity contribution is 7.90. The number of rotatable bonds is 5. The summed E-state index contributed by atoms with van der Waals surface area (Å²) >= 11 is 5.72. The first-order valence-electron chi connectivity index (χ1n) is 4.88. The second-order valence-corrected chi connectivity index (χ2v) is 6.16. The number of sulfonamides is 1. The molecule has 0 saturated carbocycles. The number of hydrogen-bond acceptors (Lipinski definition) is 3. The Hall–Kier alpha value is -0.620. The van der Waals surface area contributed by atoms with Crippen molar-refractivity contribution in [3.05, 3.63) is 34.9 Å². The lowest BCUT2D eigenvalue weighted by Crippen LogP contribution is -2.36. The van der Waals surface area contributed by atoms with Gasteiger partial charge in [-0.25, -0.2) is 13.1 Å². The third kappa shape index (κ3) is 3.75. The monoisotopic (exact) mass is 262 g/mol. The Morgan fingerprint density at radius 2 is 1.94 bits per heavy atom. The summed E-state index contributed by atoms with van der Waals surface area (Å²) in [6, 6.07) is 6.99. The summed E-state index contributed by atoms with van der Waals surface area (Å²) in [5, 5.41) is 0.0433. The van der Waals surface area contributed by atoms with E-state index in [-0.39, 0.29) is 13.1 Å². The topological polar surface area (TPSA) is 72.2 Å². The van der Waals surface area contributed by atoms with Crippen molar-refractivity contribution in [2.45, 2.75) is 18.7 Å². The van der Waals surface area contributed by atoms with Crippen LogP contribution in [0.1, 0.15) is 12.5 Å². The van der Waals surface area contributed by atoms with Crippen LogP contribution in [0.25, 0.3) is 0 Å². The van der Waals surface area contributed by atoms with E-state index < -0.39 is 15.3 Å². The summed E-state index contributed by atoms with van der Waals surface area (Å²) in [5.41, 5.74) is 6.17. The van der Waals surface area contributed by atoms with Gasteiger partial charge in [0, 0.05) is 18.1 Å². The standard InChI is InChI=1S/C10H15ClN2O2S/c1-8(6-12)16(14,15)13-7-9-2-4-10(11)5-3-9/h2-5,8,13H,6-7,12H2,1H3. The van der Waals surface area contributed by atoms with Gasteiger partial charge in [0.15, 0.2) is 0 Å². The van der Waals surface area contributed by atoms with Gasteiger partial charge in [-0.3, -0.25) is 0 Å². The van der Waals surface area contributed by atoms with Crippen LogP contribution in [-0.4, -0.2) is 20.2 Å². The minimum atomic E-state index is -3.33. The van der Waals surface area contributed by atoms with Crippen LogP contribution in [0.5, 0.6) is 0 Å². The molecule has 0 aromatic heterocycles. The molecule has 0 aliphatic carbocycles. The van der Waals surface area contributed by atoms with E-state index in [0.717, 1.165) is 5.56 Å². The van der Waals surface area contributed by atoms with Gasteiger partial charge >= 0.3 is 0 Å². The average molecular weight is 263 g/mol. The molecule has 6 heteroatoms. The second kappa shape index (κ2) is 5.63. The molecule has 0 aliphatic heterocycles. The molecule has 0 heterocycles. The zero-order valence-electron chi connectivity index (χ0n) is 8.98. The lowest BCUT2D eigenvalue weighted by molar-refractivity contribution is 0.568. The maximum atomic E-state index is 11.6. The summed E-state index contributed by atoms with van der Waals surface area (Å²) in [5.74, 6) is 0. The van der Waals surface area contributed by atoms with Crippen LogP contribution >= 0.6 is 11.6 Å². The second-order valence-electron chi connectivity index (χ2n) is 3.54. The van der Waals surface area contributed by atoms with Crippen LogP contribution in [0.2, 0.25) is 5.02 Å². The van der Waals surface area contributed by atoms with Crippen LogP contribution < -0.4 is 10.5 Å². The summed E-state index contributed by atoms with van der Waals surface area (Å²) in [6.45, 7) is 1.93. The van der Waals surface area contributed by atoms with Gasteiger partial charge in [-0.2, -0.15) is 0 Å². The summed E-state index contributed by atoms with van der Waals surface area (Å²) in [4.78, 5) is 0. The van der Waals surface area contributed by atoms with Gasteiger partial charge < -0.3 is 5.73 Å². The molecular weight excluding hydrogens is 248 g/mol. The van der Waals surface area contributed by atoms with E-state index in [1.807, 2.05) is 0 Å². The molecule has 0 radical (unpaired) electrons. The normalized spacial score (nSPS) is 13.7. The Labute approximate surface area is 101 Å². The molecule has 1 atom stereocenters. The fourth-order valence-electron chi connectivity index (χ4n) is 1.06. The lowest BCUT2D eigenvalue weighted by Gasteiger charge is -2.11.